The van der Waals surface area contributed by atoms with Gasteiger partial charge >= 0.3 is 5.97 Å². The Morgan fingerprint density at radius 3 is 2.74 bits per heavy atom. The van der Waals surface area contributed by atoms with E-state index >= 15 is 0 Å². The number of carbonyl (C=O) groups is 1. The maximum atomic E-state index is 12.4. The van der Waals surface area contributed by atoms with Gasteiger partial charge in [0.25, 0.3) is 0 Å². The first-order valence-electron chi connectivity index (χ1n) is 5.89. The minimum atomic E-state index is -3.98. The number of rotatable bonds is 3. The van der Waals surface area contributed by atoms with Crippen LogP contribution in [0.1, 0.15) is 18.4 Å². The largest absolute Gasteiger partial charge is 0.506 e. The zero-order chi connectivity index (χ0) is 14.2. The average molecular weight is 285 g/mol. The molecule has 2 N–H and O–H groups in total. The van der Waals surface area contributed by atoms with Crippen molar-refractivity contribution in [1.82, 2.24) is 4.31 Å². The van der Waals surface area contributed by atoms with Crippen LogP contribution < -0.4 is 0 Å². The van der Waals surface area contributed by atoms with Crippen LogP contribution in [-0.2, 0) is 14.8 Å². The Bertz CT molecular complexity index is 611. The second-order valence-corrected chi connectivity index (χ2v) is 6.39. The van der Waals surface area contributed by atoms with Gasteiger partial charge in [-0.05, 0) is 31.4 Å². The fraction of sp³-hybridized carbons (Fsp3) is 0.417. The molecule has 1 aromatic rings. The van der Waals surface area contributed by atoms with Crippen molar-refractivity contribution in [2.45, 2.75) is 30.7 Å². The highest BCUT2D eigenvalue weighted by atomic mass is 32.2. The fourth-order valence-corrected chi connectivity index (χ4v) is 4.05. The van der Waals surface area contributed by atoms with Crippen molar-refractivity contribution < 1.29 is 23.4 Å². The van der Waals surface area contributed by atoms with E-state index < -0.39 is 22.0 Å². The van der Waals surface area contributed by atoms with Gasteiger partial charge in [0.05, 0.1) is 0 Å². The van der Waals surface area contributed by atoms with E-state index in [0.717, 1.165) is 4.31 Å². The van der Waals surface area contributed by atoms with E-state index in [1.807, 2.05) is 0 Å². The highest BCUT2D eigenvalue weighted by Crippen LogP contribution is 2.32. The predicted molar refractivity (Wildman–Crippen MR) is 67.4 cm³/mol. The third-order valence-electron chi connectivity index (χ3n) is 3.28. The summed E-state index contributed by atoms with van der Waals surface area (Å²) in [6, 6.07) is 3.35. The van der Waals surface area contributed by atoms with E-state index in [1.54, 1.807) is 13.0 Å². The van der Waals surface area contributed by atoms with Crippen LogP contribution in [0.25, 0.3) is 0 Å². The maximum Gasteiger partial charge on any atom is 0.322 e. The van der Waals surface area contributed by atoms with Gasteiger partial charge in [0.2, 0.25) is 10.0 Å². The summed E-state index contributed by atoms with van der Waals surface area (Å²) in [5.41, 5.74) is 0.437. The molecule has 1 saturated heterocycles. The first-order chi connectivity index (χ1) is 8.85. The lowest BCUT2D eigenvalue weighted by Crippen LogP contribution is -2.40. The van der Waals surface area contributed by atoms with Crippen LogP contribution in [0.4, 0.5) is 0 Å². The Kier molecular flexibility index (Phi) is 3.51. The number of para-hydroxylation sites is 1. The fourth-order valence-electron chi connectivity index (χ4n) is 2.24. The monoisotopic (exact) mass is 285 g/mol. The zero-order valence-electron chi connectivity index (χ0n) is 10.4. The lowest BCUT2D eigenvalue weighted by Gasteiger charge is -2.21. The molecule has 0 spiro atoms. The number of hydrogen-bond donors (Lipinski definition) is 2. The minimum Gasteiger partial charge on any atom is -0.506 e. The highest BCUT2D eigenvalue weighted by molar-refractivity contribution is 7.89. The Balaban J connectivity index is 2.48. The number of nitrogens with zero attached hydrogens (tertiary/aromatic N) is 1. The van der Waals surface area contributed by atoms with Gasteiger partial charge in [-0.3, -0.25) is 4.79 Å². The van der Waals surface area contributed by atoms with Gasteiger partial charge in [0, 0.05) is 6.54 Å². The molecule has 1 atom stereocenters. The van der Waals surface area contributed by atoms with Crippen LogP contribution in [0.2, 0.25) is 0 Å². The standard InChI is InChI=1S/C12H15NO5S/c1-8-4-2-6-10(11(8)14)19(17,18)13-7-3-5-9(13)12(15)16/h2,4,6,9,14H,3,5,7H2,1H3,(H,15,16)/t9-/m0/s1. The molecule has 19 heavy (non-hydrogen) atoms. The van der Waals surface area contributed by atoms with Crippen LogP contribution in [-0.4, -0.2) is 41.5 Å². The average Bonchev–Trinajstić information content (AvgIpc) is 2.82. The number of aryl methyl sites for hydroxylation is 1. The van der Waals surface area contributed by atoms with E-state index in [0.29, 0.717) is 18.4 Å². The summed E-state index contributed by atoms with van der Waals surface area (Å²) in [6.07, 6.45) is 0.796. The molecular formula is C12H15NO5S. The topological polar surface area (TPSA) is 94.9 Å². The molecule has 0 saturated carbocycles. The van der Waals surface area contributed by atoms with E-state index in [1.165, 1.54) is 12.1 Å². The second-order valence-electron chi connectivity index (χ2n) is 4.53. The van der Waals surface area contributed by atoms with Gasteiger partial charge in [-0.1, -0.05) is 12.1 Å². The number of aromatic hydroxyl groups is 1. The van der Waals surface area contributed by atoms with Crippen molar-refractivity contribution in [2.75, 3.05) is 6.54 Å². The number of phenols is 1. The first kappa shape index (κ1) is 13.8. The van der Waals surface area contributed by atoms with E-state index in [4.69, 9.17) is 5.11 Å². The summed E-state index contributed by atoms with van der Waals surface area (Å²) in [6.45, 7) is 1.75. The van der Waals surface area contributed by atoms with Crippen LogP contribution in [0.3, 0.4) is 0 Å². The second kappa shape index (κ2) is 4.82. The SMILES string of the molecule is Cc1cccc(S(=O)(=O)N2CCC[C@H]2C(=O)O)c1O. The summed E-state index contributed by atoms with van der Waals surface area (Å²) >= 11 is 0. The molecule has 0 amide bonds. The molecule has 1 aliphatic rings. The van der Waals surface area contributed by atoms with E-state index in [-0.39, 0.29) is 17.2 Å². The quantitative estimate of drug-likeness (QED) is 0.861. The van der Waals surface area contributed by atoms with Crippen molar-refractivity contribution >= 4 is 16.0 Å². The molecule has 1 fully saturated rings. The predicted octanol–water partition coefficient (Wildman–Crippen LogP) is 0.938. The van der Waals surface area contributed by atoms with Gasteiger partial charge in [0.15, 0.2) is 0 Å². The summed E-state index contributed by atoms with van der Waals surface area (Å²) in [5, 5.41) is 18.9. The molecule has 0 aliphatic carbocycles. The van der Waals surface area contributed by atoms with Crippen LogP contribution in [0.5, 0.6) is 5.75 Å². The molecule has 2 rings (SSSR count). The molecule has 1 aliphatic heterocycles. The molecule has 104 valence electrons. The summed E-state index contributed by atoms with van der Waals surface area (Å²) < 4.78 is 25.8. The van der Waals surface area contributed by atoms with Crippen LogP contribution in [0, 0.1) is 6.92 Å². The molecule has 1 aromatic carbocycles. The van der Waals surface area contributed by atoms with Gasteiger partial charge in [-0.2, -0.15) is 4.31 Å². The number of aliphatic carboxylic acids is 1. The van der Waals surface area contributed by atoms with Crippen molar-refractivity contribution in [1.29, 1.82) is 0 Å². The molecule has 1 heterocycles. The smallest absolute Gasteiger partial charge is 0.322 e. The molecule has 7 heteroatoms. The van der Waals surface area contributed by atoms with Crippen LogP contribution in [0.15, 0.2) is 23.1 Å². The van der Waals surface area contributed by atoms with E-state index in [2.05, 4.69) is 0 Å². The molecule has 0 bridgehead atoms. The number of benzene rings is 1. The van der Waals surface area contributed by atoms with Gasteiger partial charge in [-0.25, -0.2) is 8.42 Å². The molecular weight excluding hydrogens is 270 g/mol. The normalized spacial score (nSPS) is 20.6. The molecule has 6 nitrogen and oxygen atoms in total. The highest BCUT2D eigenvalue weighted by Gasteiger charge is 2.40. The number of sulfonamides is 1. The minimum absolute atomic E-state index is 0.159. The number of phenolic OH excluding ortho intramolecular Hbond substituents is 1. The number of carboxylic acid groups (broad SMARTS) is 1. The maximum absolute atomic E-state index is 12.4. The van der Waals surface area contributed by atoms with Gasteiger partial charge in [-0.15, -0.1) is 0 Å². The van der Waals surface area contributed by atoms with Crippen molar-refractivity contribution in [3.63, 3.8) is 0 Å². The number of carboxylic acids is 1. The van der Waals surface area contributed by atoms with Crippen molar-refractivity contribution in [3.05, 3.63) is 23.8 Å². The van der Waals surface area contributed by atoms with Gasteiger partial charge < -0.3 is 10.2 Å². The molecule has 0 aromatic heterocycles. The lowest BCUT2D eigenvalue weighted by atomic mass is 10.2. The first-order valence-corrected chi connectivity index (χ1v) is 7.33. The third-order valence-corrected chi connectivity index (χ3v) is 5.22. The number of hydrogen-bond acceptors (Lipinski definition) is 4. The molecule has 0 unspecified atom stereocenters. The summed E-state index contributed by atoms with van der Waals surface area (Å²) in [4.78, 5) is 10.8. The Hall–Kier alpha value is -1.60. The van der Waals surface area contributed by atoms with Gasteiger partial charge in [0.1, 0.15) is 16.7 Å². The lowest BCUT2D eigenvalue weighted by molar-refractivity contribution is -0.140. The van der Waals surface area contributed by atoms with Crippen LogP contribution >= 0.6 is 0 Å². The molecule has 0 radical (unpaired) electrons. The third kappa shape index (κ3) is 2.31. The van der Waals surface area contributed by atoms with Crippen molar-refractivity contribution in [2.24, 2.45) is 0 Å². The Labute approximate surface area is 111 Å². The Morgan fingerprint density at radius 2 is 2.11 bits per heavy atom. The zero-order valence-corrected chi connectivity index (χ0v) is 11.2. The summed E-state index contributed by atoms with van der Waals surface area (Å²) in [5.74, 6) is -1.48. The van der Waals surface area contributed by atoms with E-state index in [9.17, 15) is 18.3 Å². The summed E-state index contributed by atoms with van der Waals surface area (Å²) in [7, 11) is -3.98. The van der Waals surface area contributed by atoms with Crippen molar-refractivity contribution in [3.8, 4) is 5.75 Å². The Morgan fingerprint density at radius 1 is 1.42 bits per heavy atom.